The predicted octanol–water partition coefficient (Wildman–Crippen LogP) is 2.05. The molecule has 6 nitrogen and oxygen atoms in total. The molecule has 154 valence electrons. The summed E-state index contributed by atoms with van der Waals surface area (Å²) in [5.41, 5.74) is -1.93. The molecule has 2 heterocycles. The lowest BCUT2D eigenvalue weighted by atomic mass is 9.43. The molecule has 0 spiro atoms. The summed E-state index contributed by atoms with van der Waals surface area (Å²) in [6.45, 7) is 6.97. The van der Waals surface area contributed by atoms with E-state index in [2.05, 4.69) is 13.8 Å². The highest BCUT2D eigenvalue weighted by atomic mass is 16.6. The predicted molar refractivity (Wildman–Crippen MR) is 98.0 cm³/mol. The molecule has 0 bridgehead atoms. The molecule has 8 atom stereocenters. The van der Waals surface area contributed by atoms with Crippen molar-refractivity contribution in [1.29, 1.82) is 0 Å². The second-order valence-electron chi connectivity index (χ2n) is 9.98. The number of epoxide rings is 1. The molecule has 0 radical (unpaired) electrons. The first kappa shape index (κ1) is 19.6. The summed E-state index contributed by atoms with van der Waals surface area (Å²) in [6, 6.07) is 0. The molecule has 2 aliphatic carbocycles. The van der Waals surface area contributed by atoms with Crippen LogP contribution in [0.1, 0.15) is 59.3 Å². The third-order valence-electron chi connectivity index (χ3n) is 8.74. The third-order valence-corrected chi connectivity index (χ3v) is 8.74. The standard InChI is InChI=1S/C21H34O6/c1-18-8-7-15(23)20(3,17(24)25-4)14(18)5-9-19(2)13(18)6-10-21(12-22,27-19)16-11-26-16/h13-16,22-23H,5-12H2,1-4H3/t13-,14-,15-,16+,18+,19+,20-,21-/m1/s1. The Morgan fingerprint density at radius 2 is 1.78 bits per heavy atom. The minimum absolute atomic E-state index is 0.000632. The number of fused-ring (bicyclic) bond motifs is 3. The van der Waals surface area contributed by atoms with Gasteiger partial charge < -0.3 is 24.4 Å². The summed E-state index contributed by atoms with van der Waals surface area (Å²) in [7, 11) is 1.41. The summed E-state index contributed by atoms with van der Waals surface area (Å²) >= 11 is 0. The first-order valence-electron chi connectivity index (χ1n) is 10.4. The van der Waals surface area contributed by atoms with E-state index in [0.29, 0.717) is 13.0 Å². The number of hydrogen-bond donors (Lipinski definition) is 2. The fourth-order valence-electron chi connectivity index (χ4n) is 7.14. The highest BCUT2D eigenvalue weighted by Crippen LogP contribution is 2.66. The van der Waals surface area contributed by atoms with Gasteiger partial charge in [0.05, 0.1) is 37.4 Å². The minimum atomic E-state index is -0.881. The molecule has 4 fully saturated rings. The zero-order chi connectivity index (χ0) is 19.7. The first-order valence-corrected chi connectivity index (χ1v) is 10.4. The molecule has 2 aliphatic heterocycles. The van der Waals surface area contributed by atoms with Gasteiger partial charge in [-0.2, -0.15) is 0 Å². The third kappa shape index (κ3) is 2.56. The van der Waals surface area contributed by atoms with Crippen molar-refractivity contribution in [3.8, 4) is 0 Å². The maximum Gasteiger partial charge on any atom is 0.314 e. The lowest BCUT2D eigenvalue weighted by Crippen LogP contribution is -2.67. The zero-order valence-electron chi connectivity index (χ0n) is 17.0. The molecule has 0 aromatic heterocycles. The van der Waals surface area contributed by atoms with Gasteiger partial charge in [0.15, 0.2) is 0 Å². The molecule has 4 aliphatic rings. The van der Waals surface area contributed by atoms with E-state index in [4.69, 9.17) is 14.2 Å². The van der Waals surface area contributed by atoms with E-state index in [9.17, 15) is 15.0 Å². The monoisotopic (exact) mass is 382 g/mol. The molecule has 0 unspecified atom stereocenters. The second-order valence-corrected chi connectivity index (χ2v) is 9.98. The number of rotatable bonds is 3. The molecule has 27 heavy (non-hydrogen) atoms. The van der Waals surface area contributed by atoms with Crippen LogP contribution in [0.5, 0.6) is 0 Å². The van der Waals surface area contributed by atoms with Gasteiger partial charge in [-0.15, -0.1) is 0 Å². The smallest absolute Gasteiger partial charge is 0.314 e. The van der Waals surface area contributed by atoms with Gasteiger partial charge in [-0.1, -0.05) is 6.92 Å². The highest BCUT2D eigenvalue weighted by molar-refractivity contribution is 5.78. The molecule has 6 heteroatoms. The first-order chi connectivity index (χ1) is 12.7. The van der Waals surface area contributed by atoms with Crippen LogP contribution in [0.25, 0.3) is 0 Å². The van der Waals surface area contributed by atoms with Gasteiger partial charge in [0.1, 0.15) is 11.7 Å². The van der Waals surface area contributed by atoms with Crippen LogP contribution in [0.4, 0.5) is 0 Å². The molecular weight excluding hydrogens is 348 g/mol. The average Bonchev–Trinajstić information content (AvgIpc) is 3.49. The topological polar surface area (TPSA) is 88.5 Å². The Kier molecular flexibility index (Phi) is 4.47. The Morgan fingerprint density at radius 1 is 1.11 bits per heavy atom. The summed E-state index contributed by atoms with van der Waals surface area (Å²) in [4.78, 5) is 12.7. The average molecular weight is 382 g/mol. The van der Waals surface area contributed by atoms with Crippen molar-refractivity contribution in [2.75, 3.05) is 20.3 Å². The number of aliphatic hydroxyl groups is 2. The van der Waals surface area contributed by atoms with Gasteiger partial charge in [-0.3, -0.25) is 4.79 Å². The van der Waals surface area contributed by atoms with Crippen LogP contribution in [0.15, 0.2) is 0 Å². The zero-order valence-corrected chi connectivity index (χ0v) is 17.0. The number of carbonyl (C=O) groups is 1. The van der Waals surface area contributed by atoms with Gasteiger partial charge in [-0.05, 0) is 69.6 Å². The van der Waals surface area contributed by atoms with Crippen molar-refractivity contribution in [3.05, 3.63) is 0 Å². The van der Waals surface area contributed by atoms with Crippen LogP contribution in [0.3, 0.4) is 0 Å². The molecule has 0 aromatic carbocycles. The van der Waals surface area contributed by atoms with E-state index < -0.39 is 17.1 Å². The van der Waals surface area contributed by atoms with E-state index in [-0.39, 0.29) is 41.5 Å². The van der Waals surface area contributed by atoms with Gasteiger partial charge >= 0.3 is 5.97 Å². The van der Waals surface area contributed by atoms with E-state index >= 15 is 0 Å². The molecule has 0 amide bonds. The van der Waals surface area contributed by atoms with Crippen LogP contribution in [0.2, 0.25) is 0 Å². The molecule has 2 saturated heterocycles. The molecule has 2 saturated carbocycles. The van der Waals surface area contributed by atoms with Gasteiger partial charge in [0.25, 0.3) is 0 Å². The fraction of sp³-hybridized carbons (Fsp3) is 0.952. The lowest BCUT2D eigenvalue weighted by molar-refractivity contribution is -0.288. The van der Waals surface area contributed by atoms with Crippen LogP contribution in [0, 0.1) is 22.7 Å². The SMILES string of the molecule is COC(=O)[C@@]1(C)[C@H](O)CC[C@]2(C)[C@H]1CC[C@]1(C)O[C@](CO)([C@@H]3CO3)CC[C@H]21. The molecule has 2 N–H and O–H groups in total. The van der Waals surface area contributed by atoms with Crippen molar-refractivity contribution >= 4 is 5.97 Å². The van der Waals surface area contributed by atoms with Crippen molar-refractivity contribution in [1.82, 2.24) is 0 Å². The Morgan fingerprint density at radius 3 is 2.37 bits per heavy atom. The summed E-state index contributed by atoms with van der Waals surface area (Å²) in [5.74, 6) is 0.0303. The molecule has 0 aromatic rings. The lowest BCUT2D eigenvalue weighted by Gasteiger charge is -2.65. The Hall–Kier alpha value is -0.690. The summed E-state index contributed by atoms with van der Waals surface area (Å²) in [6.07, 6.45) is 4.13. The van der Waals surface area contributed by atoms with Gasteiger partial charge in [-0.25, -0.2) is 0 Å². The number of esters is 1. The maximum absolute atomic E-state index is 12.7. The number of carbonyl (C=O) groups excluding carboxylic acids is 1. The fourth-order valence-corrected chi connectivity index (χ4v) is 7.14. The maximum atomic E-state index is 12.7. The van der Waals surface area contributed by atoms with E-state index in [1.807, 2.05) is 6.92 Å². The van der Waals surface area contributed by atoms with Crippen LogP contribution in [-0.4, -0.2) is 59.9 Å². The van der Waals surface area contributed by atoms with Crippen LogP contribution < -0.4 is 0 Å². The van der Waals surface area contributed by atoms with Crippen molar-refractivity contribution in [2.24, 2.45) is 22.7 Å². The second kappa shape index (κ2) is 6.15. The Labute approximate surface area is 161 Å². The quantitative estimate of drug-likeness (QED) is 0.574. The number of aliphatic hydroxyl groups excluding tert-OH is 2. The number of ether oxygens (including phenoxy) is 3. The van der Waals surface area contributed by atoms with Crippen molar-refractivity contribution < 1.29 is 29.2 Å². The number of hydrogen-bond acceptors (Lipinski definition) is 6. The van der Waals surface area contributed by atoms with Gasteiger partial charge in [0, 0.05) is 0 Å². The van der Waals surface area contributed by atoms with E-state index in [0.717, 1.165) is 32.1 Å². The van der Waals surface area contributed by atoms with E-state index in [1.165, 1.54) is 7.11 Å². The Balaban J connectivity index is 1.68. The summed E-state index contributed by atoms with van der Waals surface area (Å²) < 4.78 is 17.3. The van der Waals surface area contributed by atoms with Crippen LogP contribution in [-0.2, 0) is 19.0 Å². The Bertz CT molecular complexity index is 620. The van der Waals surface area contributed by atoms with Crippen molar-refractivity contribution in [2.45, 2.75) is 82.7 Å². The highest BCUT2D eigenvalue weighted by Gasteiger charge is 2.68. The van der Waals surface area contributed by atoms with E-state index in [1.54, 1.807) is 0 Å². The molecular formula is C21H34O6. The van der Waals surface area contributed by atoms with Gasteiger partial charge in [0.2, 0.25) is 0 Å². The van der Waals surface area contributed by atoms with Crippen LogP contribution >= 0.6 is 0 Å². The summed E-state index contributed by atoms with van der Waals surface area (Å²) in [5, 5.41) is 20.8. The van der Waals surface area contributed by atoms with Crippen molar-refractivity contribution in [3.63, 3.8) is 0 Å². The molecule has 4 rings (SSSR count). The normalized spacial score (nSPS) is 54.6. The number of methoxy groups -OCH3 is 1. The minimum Gasteiger partial charge on any atom is -0.469 e. The largest absolute Gasteiger partial charge is 0.469 e.